The van der Waals surface area contributed by atoms with E-state index in [1.807, 2.05) is 42.5 Å². The first-order valence-corrected chi connectivity index (χ1v) is 21.8. The summed E-state index contributed by atoms with van der Waals surface area (Å²) in [4.78, 5) is 31.2. The van der Waals surface area contributed by atoms with Crippen LogP contribution in [0.25, 0.3) is 97.0 Å². The van der Waals surface area contributed by atoms with E-state index in [0.29, 0.717) is 0 Å². The lowest BCUT2D eigenvalue weighted by atomic mass is 10.0. The number of nitrogens with one attached hydrogen (secondary N) is 3. The first-order valence-electron chi connectivity index (χ1n) is 21.8. The van der Waals surface area contributed by atoms with Crippen LogP contribution in [-0.2, 0) is 0 Å². The molecular weight excluding hydrogens is 811 g/mol. The molecule has 2 aliphatic heterocycles. The molecule has 7 heteroatoms. The fraction of sp³-hybridized carbons (Fsp3) is 0. The van der Waals surface area contributed by atoms with Gasteiger partial charge in [-0.1, -0.05) is 133 Å². The number of hydrogen-bond acceptors (Lipinski definition) is 5. The van der Waals surface area contributed by atoms with Crippen molar-refractivity contribution in [2.45, 2.75) is 0 Å². The van der Waals surface area contributed by atoms with Gasteiger partial charge in [-0.05, 0) is 119 Å². The van der Waals surface area contributed by atoms with Crippen molar-refractivity contribution < 1.29 is 9.90 Å². The van der Waals surface area contributed by atoms with Gasteiger partial charge in [0.15, 0.2) is 5.78 Å². The molecule has 8 bridgehead atoms. The minimum absolute atomic E-state index is 0.0325. The number of carbonyl (C=O) groups excluding carboxylic acids is 1. The van der Waals surface area contributed by atoms with E-state index in [0.717, 1.165) is 106 Å². The topological polar surface area (TPSA) is 107 Å². The molecule has 9 aromatic rings. The summed E-state index contributed by atoms with van der Waals surface area (Å²) < 4.78 is 0. The summed E-state index contributed by atoms with van der Waals surface area (Å²) in [7, 11) is 0. The molecule has 0 atom stereocenters. The van der Waals surface area contributed by atoms with Crippen molar-refractivity contribution >= 4 is 69.6 Å². The molecule has 0 unspecified atom stereocenters. The van der Waals surface area contributed by atoms with Crippen LogP contribution >= 0.6 is 0 Å². The number of aromatic hydroxyl groups is 1. The van der Waals surface area contributed by atoms with Gasteiger partial charge >= 0.3 is 0 Å². The molecule has 0 saturated heterocycles. The van der Waals surface area contributed by atoms with E-state index in [4.69, 9.17) is 9.97 Å². The van der Waals surface area contributed by atoms with Crippen molar-refractivity contribution in [3.05, 3.63) is 228 Å². The third-order valence-corrected chi connectivity index (χ3v) is 11.9. The second-order valence-corrected chi connectivity index (χ2v) is 16.1. The number of aromatic nitrogens is 4. The van der Waals surface area contributed by atoms with Gasteiger partial charge in [-0.3, -0.25) is 4.79 Å². The summed E-state index contributed by atoms with van der Waals surface area (Å²) in [5.74, 6) is -0.289. The van der Waals surface area contributed by atoms with Gasteiger partial charge in [0, 0.05) is 55.7 Å². The van der Waals surface area contributed by atoms with Crippen molar-refractivity contribution in [2.75, 3.05) is 5.32 Å². The maximum Gasteiger partial charge on any atom is 0.189 e. The summed E-state index contributed by atoms with van der Waals surface area (Å²) >= 11 is 0. The smallest absolute Gasteiger partial charge is 0.189 e. The highest BCUT2D eigenvalue weighted by molar-refractivity contribution is 6.08. The Bertz CT molecular complexity index is 3510. The van der Waals surface area contributed by atoms with E-state index in [1.54, 1.807) is 24.3 Å². The Morgan fingerprint density at radius 1 is 0.424 bits per heavy atom. The zero-order chi connectivity index (χ0) is 44.4. The molecule has 66 heavy (non-hydrogen) atoms. The molecule has 0 spiro atoms. The Balaban J connectivity index is 1.05. The predicted octanol–water partition coefficient (Wildman–Crippen LogP) is 14.7. The van der Waals surface area contributed by atoms with Crippen molar-refractivity contribution in [3.63, 3.8) is 0 Å². The minimum atomic E-state index is -0.256. The molecule has 0 saturated carbocycles. The van der Waals surface area contributed by atoms with E-state index in [1.165, 1.54) is 12.1 Å². The summed E-state index contributed by atoms with van der Waals surface area (Å²) in [6, 6.07) is 62.7. The number of carbonyl (C=O) groups is 1. The molecule has 6 aromatic carbocycles. The lowest BCUT2D eigenvalue weighted by Gasteiger charge is -2.09. The SMILES string of the molecule is O=C(/C=C/c1ccc(Nc2ccc(-c3c4nc(c(-c5ccccc5)c5ccc([nH]5)c(-c5ccccc5)c5nc(c(-c6ccccc6)c6ccc3[nH]6)C=C5)C=C4)cc2)cc1)c1ccccc1O. The van der Waals surface area contributed by atoms with Crippen molar-refractivity contribution in [3.8, 4) is 50.3 Å². The maximum absolute atomic E-state index is 12.7. The molecule has 0 fully saturated rings. The third kappa shape index (κ3) is 7.82. The van der Waals surface area contributed by atoms with Crippen LogP contribution in [0.2, 0.25) is 0 Å². The normalized spacial score (nSPS) is 11.9. The number of phenols is 1. The first kappa shape index (κ1) is 39.8. The number of benzene rings is 6. The highest BCUT2D eigenvalue weighted by atomic mass is 16.3. The van der Waals surface area contributed by atoms with Crippen LogP contribution in [0, 0.1) is 0 Å². The second-order valence-electron chi connectivity index (χ2n) is 16.1. The maximum atomic E-state index is 12.7. The van der Waals surface area contributed by atoms with Gasteiger partial charge in [-0.15, -0.1) is 0 Å². The van der Waals surface area contributed by atoms with Gasteiger partial charge in [-0.2, -0.15) is 0 Å². The Hall–Kier alpha value is -9.07. The molecule has 4 N–H and O–H groups in total. The molecular formula is C59H41N5O2. The molecule has 314 valence electrons. The van der Waals surface area contributed by atoms with Crippen molar-refractivity contribution in [1.29, 1.82) is 0 Å². The largest absolute Gasteiger partial charge is 0.507 e. The molecule has 0 radical (unpaired) electrons. The van der Waals surface area contributed by atoms with E-state index in [9.17, 15) is 9.90 Å². The Labute approximate surface area is 381 Å². The van der Waals surface area contributed by atoms with E-state index < -0.39 is 0 Å². The lowest BCUT2D eigenvalue weighted by molar-refractivity contribution is 0.104. The van der Waals surface area contributed by atoms with Gasteiger partial charge in [0.05, 0.1) is 28.3 Å². The Morgan fingerprint density at radius 3 is 1.20 bits per heavy atom. The van der Waals surface area contributed by atoms with Gasteiger partial charge in [0.1, 0.15) is 5.75 Å². The first-order chi connectivity index (χ1) is 32.5. The fourth-order valence-corrected chi connectivity index (χ4v) is 8.74. The number of allylic oxidation sites excluding steroid dienone is 1. The quantitative estimate of drug-likeness (QED) is 0.0855. The zero-order valence-electron chi connectivity index (χ0n) is 35.6. The average molecular weight is 852 g/mol. The van der Waals surface area contributed by atoms with Crippen LogP contribution in [0.3, 0.4) is 0 Å². The molecule has 11 rings (SSSR count). The van der Waals surface area contributed by atoms with Gasteiger partial charge in [0.25, 0.3) is 0 Å². The number of aromatic amines is 2. The number of H-pyrrole nitrogens is 2. The molecule has 0 aliphatic carbocycles. The third-order valence-electron chi connectivity index (χ3n) is 11.9. The predicted molar refractivity (Wildman–Crippen MR) is 272 cm³/mol. The van der Waals surface area contributed by atoms with Crippen LogP contribution < -0.4 is 5.32 Å². The molecule has 7 nitrogen and oxygen atoms in total. The van der Waals surface area contributed by atoms with Gasteiger partial charge < -0.3 is 20.4 Å². The number of phenolic OH excluding ortho intramolecular Hbond substituents is 1. The highest BCUT2D eigenvalue weighted by Gasteiger charge is 2.19. The van der Waals surface area contributed by atoms with Gasteiger partial charge in [-0.25, -0.2) is 9.97 Å². The second kappa shape index (κ2) is 17.2. The molecule has 0 amide bonds. The Kier molecular flexibility index (Phi) is 10.4. The lowest BCUT2D eigenvalue weighted by Crippen LogP contribution is -1.94. The number of para-hydroxylation sites is 1. The summed E-state index contributed by atoms with van der Waals surface area (Å²) in [5.41, 5.74) is 18.3. The van der Waals surface area contributed by atoms with Crippen molar-refractivity contribution in [1.82, 2.24) is 19.9 Å². The number of fused-ring (bicyclic) bond motifs is 8. The average Bonchev–Trinajstić information content (AvgIpc) is 4.22. The van der Waals surface area contributed by atoms with Crippen molar-refractivity contribution in [2.24, 2.45) is 0 Å². The summed E-state index contributed by atoms with van der Waals surface area (Å²) in [5, 5.41) is 13.6. The Morgan fingerprint density at radius 2 is 0.788 bits per heavy atom. The van der Waals surface area contributed by atoms with E-state index in [2.05, 4.69) is 161 Å². The number of anilines is 2. The summed E-state index contributed by atoms with van der Waals surface area (Å²) in [6.45, 7) is 0. The minimum Gasteiger partial charge on any atom is -0.507 e. The molecule has 2 aliphatic rings. The van der Waals surface area contributed by atoms with Crippen LogP contribution in [-0.4, -0.2) is 30.8 Å². The number of ketones is 1. The van der Waals surface area contributed by atoms with Crippen LogP contribution in [0.15, 0.2) is 194 Å². The summed E-state index contributed by atoms with van der Waals surface area (Å²) in [6.07, 6.45) is 11.7. The van der Waals surface area contributed by atoms with E-state index in [-0.39, 0.29) is 17.1 Å². The standard InChI is InChI=1S/C59H41N5O2/c65-54-19-11-10-18-45(54)55(66)37-22-38-20-25-43(26-21-38)60-44-27-23-42(24-28-44)59-52-35-33-50(63-52)57(40-14-6-2-7-15-40)48-31-29-46(61-48)56(39-12-4-1-5-13-39)47-30-32-49(62-47)58(41-16-8-3-9-17-41)51-34-36-53(59)64-51/h1-37,60-61,64-65H/b37-22+,56-46?,56-47?,57-48?,57-50?,58-49?,58-51?,59-52?,59-53?. The van der Waals surface area contributed by atoms with Crippen LogP contribution in [0.4, 0.5) is 11.4 Å². The number of nitrogens with zero attached hydrogens (tertiary/aromatic N) is 2. The fourth-order valence-electron chi connectivity index (χ4n) is 8.74. The molecule has 3 aromatic heterocycles. The number of rotatable bonds is 9. The molecule has 5 heterocycles. The highest BCUT2D eigenvalue weighted by Crippen LogP contribution is 2.39. The van der Waals surface area contributed by atoms with Crippen LogP contribution in [0.1, 0.15) is 38.7 Å². The monoisotopic (exact) mass is 851 g/mol. The van der Waals surface area contributed by atoms with Crippen LogP contribution in [0.5, 0.6) is 5.75 Å². The van der Waals surface area contributed by atoms with E-state index >= 15 is 0 Å². The number of hydrogen-bond donors (Lipinski definition) is 4. The van der Waals surface area contributed by atoms with Gasteiger partial charge in [0.2, 0.25) is 0 Å². The zero-order valence-corrected chi connectivity index (χ0v) is 35.6.